The van der Waals surface area contributed by atoms with Crippen LogP contribution in [0.4, 0.5) is 0 Å². The summed E-state index contributed by atoms with van der Waals surface area (Å²) >= 11 is 0. The summed E-state index contributed by atoms with van der Waals surface area (Å²) in [6, 6.07) is 21.4. The first-order valence-corrected chi connectivity index (χ1v) is 5.82. The van der Waals surface area contributed by atoms with Gasteiger partial charge >= 0.3 is 0 Å². The molecule has 0 heteroatoms. The molecule has 0 aromatic heterocycles. The molecular formula is C18H24. The Morgan fingerprint density at radius 3 is 1.22 bits per heavy atom. The minimum Gasteiger partial charge on any atom is -0.0776 e. The molecule has 0 aliphatic rings. The lowest BCUT2D eigenvalue weighted by atomic mass is 10.0. The van der Waals surface area contributed by atoms with Gasteiger partial charge in [-0.05, 0) is 21.5 Å². The Labute approximate surface area is 111 Å². The zero-order chi connectivity index (χ0) is 11.4. The molecule has 0 atom stereocenters. The molecule has 0 aliphatic heterocycles. The van der Waals surface area contributed by atoms with Gasteiger partial charge in [0, 0.05) is 0 Å². The van der Waals surface area contributed by atoms with Crippen LogP contribution in [0, 0.1) is 0 Å². The molecule has 0 spiro atoms. The van der Waals surface area contributed by atoms with E-state index in [-0.39, 0.29) is 14.9 Å². The van der Waals surface area contributed by atoms with Crippen molar-refractivity contribution in [3.8, 4) is 0 Å². The molecule has 0 aliphatic carbocycles. The number of rotatable bonds is 0. The highest BCUT2D eigenvalue weighted by molar-refractivity contribution is 6.07. The van der Waals surface area contributed by atoms with Gasteiger partial charge in [-0.3, -0.25) is 0 Å². The first-order chi connectivity index (χ1) is 7.95. The van der Waals surface area contributed by atoms with Crippen LogP contribution in [0.5, 0.6) is 0 Å². The van der Waals surface area contributed by atoms with Crippen molar-refractivity contribution >= 4 is 21.5 Å². The second kappa shape index (κ2) is 7.50. The summed E-state index contributed by atoms with van der Waals surface area (Å²) in [6.45, 7) is 4.00. The Kier molecular flexibility index (Phi) is 6.74. The van der Waals surface area contributed by atoms with Crippen molar-refractivity contribution in [2.24, 2.45) is 0 Å². The highest BCUT2D eigenvalue weighted by Gasteiger charge is 1.97. The van der Waals surface area contributed by atoms with E-state index in [0.29, 0.717) is 0 Å². The predicted octanol–water partition coefficient (Wildman–Crippen LogP) is 6.29. The highest BCUT2D eigenvalue weighted by Crippen LogP contribution is 2.24. The first-order valence-electron chi connectivity index (χ1n) is 5.82. The summed E-state index contributed by atoms with van der Waals surface area (Å²) in [5.41, 5.74) is 0. The van der Waals surface area contributed by atoms with Crippen LogP contribution in [0.2, 0.25) is 0 Å². The van der Waals surface area contributed by atoms with Gasteiger partial charge in [-0.15, -0.1) is 0 Å². The lowest BCUT2D eigenvalue weighted by Crippen LogP contribution is -1.75. The minimum absolute atomic E-state index is 0. The van der Waals surface area contributed by atoms with Crippen molar-refractivity contribution in [3.63, 3.8) is 0 Å². The van der Waals surface area contributed by atoms with E-state index in [0.717, 1.165) is 0 Å². The van der Waals surface area contributed by atoms with Crippen LogP contribution in [0.3, 0.4) is 0 Å². The van der Waals surface area contributed by atoms with Crippen LogP contribution in [-0.4, -0.2) is 0 Å². The van der Waals surface area contributed by atoms with Crippen molar-refractivity contribution in [3.05, 3.63) is 60.7 Å². The molecule has 0 amide bonds. The van der Waals surface area contributed by atoms with E-state index < -0.39 is 0 Å². The summed E-state index contributed by atoms with van der Waals surface area (Å²) in [4.78, 5) is 0. The maximum atomic E-state index is 2.18. The molecule has 3 rings (SSSR count). The number of hydrogen-bond donors (Lipinski definition) is 0. The molecular weight excluding hydrogens is 216 g/mol. The Morgan fingerprint density at radius 1 is 0.500 bits per heavy atom. The number of fused-ring (bicyclic) bond motifs is 3. The molecule has 0 bridgehead atoms. The van der Waals surface area contributed by atoms with E-state index in [1.807, 2.05) is 13.8 Å². The largest absolute Gasteiger partial charge is 0.0776 e. The predicted molar refractivity (Wildman–Crippen MR) is 86.3 cm³/mol. The third-order valence-corrected chi connectivity index (χ3v) is 2.65. The summed E-state index contributed by atoms with van der Waals surface area (Å²) in [7, 11) is 0. The number of hydrogen-bond acceptors (Lipinski definition) is 0. The van der Waals surface area contributed by atoms with Gasteiger partial charge in [-0.25, -0.2) is 0 Å². The van der Waals surface area contributed by atoms with Crippen LogP contribution in [-0.2, 0) is 0 Å². The van der Waals surface area contributed by atoms with Crippen LogP contribution < -0.4 is 0 Å². The molecule has 0 saturated carbocycles. The molecule has 96 valence electrons. The van der Waals surface area contributed by atoms with Gasteiger partial charge < -0.3 is 0 Å². The van der Waals surface area contributed by atoms with Crippen molar-refractivity contribution in [1.82, 2.24) is 0 Å². The van der Waals surface area contributed by atoms with Crippen molar-refractivity contribution in [1.29, 1.82) is 0 Å². The maximum Gasteiger partial charge on any atom is -0.0105 e. The van der Waals surface area contributed by atoms with E-state index in [2.05, 4.69) is 60.7 Å². The third-order valence-electron chi connectivity index (χ3n) is 2.65. The van der Waals surface area contributed by atoms with Crippen molar-refractivity contribution in [2.75, 3.05) is 0 Å². The van der Waals surface area contributed by atoms with Crippen LogP contribution in [0.25, 0.3) is 21.5 Å². The normalized spacial score (nSPS) is 8.78. The highest BCUT2D eigenvalue weighted by atomic mass is 14.0. The van der Waals surface area contributed by atoms with Gasteiger partial charge in [-0.2, -0.15) is 0 Å². The molecule has 0 N–H and O–H groups in total. The zero-order valence-electron chi connectivity index (χ0n) is 9.77. The summed E-state index contributed by atoms with van der Waals surface area (Å²) < 4.78 is 0. The molecule has 3 aromatic carbocycles. The molecule has 0 radical (unpaired) electrons. The van der Waals surface area contributed by atoms with E-state index in [1.54, 1.807) is 0 Å². The second-order valence-electron chi connectivity index (χ2n) is 3.51. The fourth-order valence-electron chi connectivity index (χ4n) is 1.95. The Hall–Kier alpha value is -1.82. The Morgan fingerprint density at radius 2 is 0.833 bits per heavy atom. The molecule has 3 aromatic rings. The molecule has 0 unspecified atom stereocenters. The van der Waals surface area contributed by atoms with Gasteiger partial charge in [0.15, 0.2) is 0 Å². The van der Waals surface area contributed by atoms with Gasteiger partial charge in [0.1, 0.15) is 0 Å². The van der Waals surface area contributed by atoms with E-state index >= 15 is 0 Å². The molecule has 0 fully saturated rings. The monoisotopic (exact) mass is 240 g/mol. The Balaban J connectivity index is 0.000000691. The lowest BCUT2D eigenvalue weighted by Gasteiger charge is -2.02. The second-order valence-corrected chi connectivity index (χ2v) is 3.51. The average molecular weight is 240 g/mol. The summed E-state index contributed by atoms with van der Waals surface area (Å²) in [5, 5.41) is 5.30. The van der Waals surface area contributed by atoms with E-state index in [9.17, 15) is 0 Å². The molecule has 18 heavy (non-hydrogen) atoms. The van der Waals surface area contributed by atoms with Crippen LogP contribution in [0.1, 0.15) is 28.7 Å². The lowest BCUT2D eigenvalue weighted by molar-refractivity contribution is 1.50. The van der Waals surface area contributed by atoms with Crippen LogP contribution in [0.15, 0.2) is 60.7 Å². The van der Waals surface area contributed by atoms with Crippen LogP contribution >= 0.6 is 0 Å². The van der Waals surface area contributed by atoms with E-state index in [1.165, 1.54) is 21.5 Å². The van der Waals surface area contributed by atoms with Gasteiger partial charge in [0.25, 0.3) is 0 Å². The molecule has 0 saturated heterocycles. The third kappa shape index (κ3) is 2.89. The molecule has 0 nitrogen and oxygen atoms in total. The van der Waals surface area contributed by atoms with Gasteiger partial charge in [0.05, 0.1) is 0 Å². The first kappa shape index (κ1) is 16.2. The quantitative estimate of drug-likeness (QED) is 0.405. The topological polar surface area (TPSA) is 0 Å². The van der Waals surface area contributed by atoms with E-state index in [4.69, 9.17) is 0 Å². The standard InChI is InChI=1S/C14H10.C2H6.2CH4/c1-3-7-13-11(5-1)9-10-12-6-2-4-8-14(12)13;1-2;;/h1-10H;1-2H3;2*1H4. The molecule has 0 heterocycles. The van der Waals surface area contributed by atoms with Crippen molar-refractivity contribution in [2.45, 2.75) is 28.7 Å². The minimum atomic E-state index is 0. The van der Waals surface area contributed by atoms with Gasteiger partial charge in [0.2, 0.25) is 0 Å². The maximum absolute atomic E-state index is 2.18. The SMILES string of the molecule is C.C.CC.c1ccc2c(c1)ccc1ccccc12. The van der Waals surface area contributed by atoms with Crippen molar-refractivity contribution < 1.29 is 0 Å². The smallest absolute Gasteiger partial charge is 0.0105 e. The zero-order valence-corrected chi connectivity index (χ0v) is 9.77. The summed E-state index contributed by atoms with van der Waals surface area (Å²) in [5.74, 6) is 0. The summed E-state index contributed by atoms with van der Waals surface area (Å²) in [6.07, 6.45) is 0. The van der Waals surface area contributed by atoms with Gasteiger partial charge in [-0.1, -0.05) is 89.4 Å². The number of benzene rings is 3. The fourth-order valence-corrected chi connectivity index (χ4v) is 1.95. The average Bonchev–Trinajstić information content (AvgIpc) is 2.41. The Bertz CT molecular complexity index is 539. The fraction of sp³-hybridized carbons (Fsp3) is 0.222.